The summed E-state index contributed by atoms with van der Waals surface area (Å²) in [6.45, 7) is 6.25. The third kappa shape index (κ3) is 6.54. The maximum absolute atomic E-state index is 11.3. The van der Waals surface area contributed by atoms with Crippen molar-refractivity contribution in [3.63, 3.8) is 0 Å². The monoisotopic (exact) mass is 510 g/mol. The molecule has 0 radical (unpaired) electrons. The van der Waals surface area contributed by atoms with Crippen molar-refractivity contribution in [3.8, 4) is 17.0 Å². The third-order valence-electron chi connectivity index (χ3n) is 6.49. The van der Waals surface area contributed by atoms with Gasteiger partial charge in [0.2, 0.25) is 0 Å². The molecule has 1 aliphatic heterocycles. The predicted molar refractivity (Wildman–Crippen MR) is 144 cm³/mol. The molecule has 192 valence electrons. The van der Waals surface area contributed by atoms with E-state index in [0.29, 0.717) is 44.8 Å². The topological polar surface area (TPSA) is 110 Å². The molecular formula is C27H34N4O4S. The second-order valence-corrected chi connectivity index (χ2v) is 9.93. The molecular weight excluding hydrogens is 476 g/mol. The van der Waals surface area contributed by atoms with E-state index in [9.17, 15) is 9.90 Å². The van der Waals surface area contributed by atoms with Crippen LogP contribution in [-0.4, -0.2) is 49.4 Å². The molecule has 4 N–H and O–H groups in total. The van der Waals surface area contributed by atoms with Gasteiger partial charge < -0.3 is 30.5 Å². The smallest absolute Gasteiger partial charge is 0.306 e. The molecule has 0 bridgehead atoms. The summed E-state index contributed by atoms with van der Waals surface area (Å²) in [7, 11) is 1.70. The number of rotatable bonds is 11. The molecule has 9 heteroatoms. The van der Waals surface area contributed by atoms with Crippen molar-refractivity contribution in [1.29, 1.82) is 0 Å². The van der Waals surface area contributed by atoms with E-state index < -0.39 is 5.97 Å². The Hall–Kier alpha value is -3.14. The van der Waals surface area contributed by atoms with Gasteiger partial charge in [-0.1, -0.05) is 18.2 Å². The number of ether oxygens (including phenoxy) is 2. The Balaban J connectivity index is 1.43. The fourth-order valence-electron chi connectivity index (χ4n) is 4.32. The first-order valence-corrected chi connectivity index (χ1v) is 13.1. The Kier molecular flexibility index (Phi) is 8.79. The second-order valence-electron chi connectivity index (χ2n) is 9.09. The van der Waals surface area contributed by atoms with Gasteiger partial charge in [0.05, 0.1) is 18.2 Å². The van der Waals surface area contributed by atoms with Crippen LogP contribution in [0.5, 0.6) is 5.75 Å². The number of aromatic nitrogens is 1. The van der Waals surface area contributed by atoms with E-state index in [2.05, 4.69) is 35.3 Å². The minimum absolute atomic E-state index is 0.265. The number of nitrogens with zero attached hydrogens (tertiary/aromatic N) is 2. The van der Waals surface area contributed by atoms with Crippen LogP contribution in [0.25, 0.3) is 11.3 Å². The number of nitrogens with one attached hydrogen (secondary N) is 1. The predicted octanol–water partition coefficient (Wildman–Crippen LogP) is 4.32. The number of aryl methyl sites for hydroxylation is 1. The number of hydrogen-bond acceptors (Lipinski definition) is 8. The Bertz CT molecular complexity index is 1170. The van der Waals surface area contributed by atoms with Gasteiger partial charge in [0.25, 0.3) is 0 Å². The Morgan fingerprint density at radius 1 is 1.25 bits per heavy atom. The van der Waals surface area contributed by atoms with Crippen LogP contribution in [0.15, 0.2) is 41.8 Å². The van der Waals surface area contributed by atoms with Gasteiger partial charge in [0.1, 0.15) is 12.4 Å². The van der Waals surface area contributed by atoms with Crippen molar-refractivity contribution in [1.82, 2.24) is 10.3 Å². The number of carbonyl (C=O) groups is 1. The minimum atomic E-state index is -0.709. The molecule has 1 saturated heterocycles. The first-order valence-electron chi connectivity index (χ1n) is 12.2. The van der Waals surface area contributed by atoms with Crippen molar-refractivity contribution in [2.75, 3.05) is 44.0 Å². The van der Waals surface area contributed by atoms with Gasteiger partial charge in [-0.05, 0) is 54.7 Å². The van der Waals surface area contributed by atoms with E-state index in [1.807, 2.05) is 23.6 Å². The van der Waals surface area contributed by atoms with E-state index in [4.69, 9.17) is 20.2 Å². The average Bonchev–Trinajstić information content (AvgIpc) is 3.37. The first-order chi connectivity index (χ1) is 17.4. The normalized spacial score (nSPS) is 14.2. The van der Waals surface area contributed by atoms with Crippen molar-refractivity contribution in [3.05, 3.63) is 58.5 Å². The Morgan fingerprint density at radius 2 is 2.06 bits per heavy atom. The molecule has 0 spiro atoms. The number of anilines is 2. The van der Waals surface area contributed by atoms with Gasteiger partial charge in [0.15, 0.2) is 5.13 Å². The lowest BCUT2D eigenvalue weighted by Crippen LogP contribution is -2.36. The molecule has 0 saturated carbocycles. The molecule has 0 unspecified atom stereocenters. The van der Waals surface area contributed by atoms with Crippen molar-refractivity contribution in [2.24, 2.45) is 5.92 Å². The molecule has 36 heavy (non-hydrogen) atoms. The number of aliphatic carboxylic acids is 1. The number of methoxy groups -OCH3 is 1. The van der Waals surface area contributed by atoms with Crippen molar-refractivity contribution < 1.29 is 19.4 Å². The van der Waals surface area contributed by atoms with Gasteiger partial charge in [-0.3, -0.25) is 4.79 Å². The first kappa shape index (κ1) is 25.9. The molecule has 1 fully saturated rings. The van der Waals surface area contributed by atoms with Crippen molar-refractivity contribution in [2.45, 2.75) is 32.9 Å². The summed E-state index contributed by atoms with van der Waals surface area (Å²) in [5.41, 5.74) is 12.0. The van der Waals surface area contributed by atoms with Gasteiger partial charge >= 0.3 is 5.97 Å². The van der Waals surface area contributed by atoms with Crippen LogP contribution in [0.3, 0.4) is 0 Å². The number of carboxylic acids is 1. The summed E-state index contributed by atoms with van der Waals surface area (Å²) in [6, 6.07) is 12.0. The van der Waals surface area contributed by atoms with Crippen LogP contribution in [-0.2, 0) is 22.7 Å². The number of nitrogens with two attached hydrogens (primary N) is 1. The molecule has 8 nitrogen and oxygen atoms in total. The summed E-state index contributed by atoms with van der Waals surface area (Å²) in [4.78, 5) is 18.3. The van der Waals surface area contributed by atoms with Crippen LogP contribution >= 0.6 is 11.3 Å². The number of nitrogen functional groups attached to an aromatic ring is 1. The molecule has 1 aromatic heterocycles. The molecule has 0 atom stereocenters. The molecule has 0 amide bonds. The highest BCUT2D eigenvalue weighted by Gasteiger charge is 2.26. The molecule has 3 aromatic rings. The van der Waals surface area contributed by atoms with Gasteiger partial charge in [-0.25, -0.2) is 4.98 Å². The summed E-state index contributed by atoms with van der Waals surface area (Å²) in [5.74, 6) is -0.242. The lowest BCUT2D eigenvalue weighted by atomic mass is 9.97. The van der Waals surface area contributed by atoms with Gasteiger partial charge in [-0.15, -0.1) is 11.3 Å². The van der Waals surface area contributed by atoms with Gasteiger partial charge in [-0.2, -0.15) is 0 Å². The third-order valence-corrected chi connectivity index (χ3v) is 7.39. The van der Waals surface area contributed by atoms with Crippen molar-refractivity contribution >= 4 is 28.1 Å². The highest BCUT2D eigenvalue weighted by molar-refractivity contribution is 7.14. The summed E-state index contributed by atoms with van der Waals surface area (Å²) in [6.07, 6.45) is 1.27. The molecule has 2 aromatic carbocycles. The Labute approximate surface area is 216 Å². The number of thiazole rings is 1. The summed E-state index contributed by atoms with van der Waals surface area (Å²) < 4.78 is 11.3. The number of piperidine rings is 1. The van der Waals surface area contributed by atoms with Crippen LogP contribution in [0.4, 0.5) is 10.8 Å². The van der Waals surface area contributed by atoms with Crippen LogP contribution < -0.4 is 20.7 Å². The fraction of sp³-hybridized carbons (Fsp3) is 0.407. The second kappa shape index (κ2) is 12.2. The SMILES string of the molecule is COCCNCc1ccc(COc2ccc(N)cc2-c2csc(N3CCC(C(=O)O)CC3)n2)c(C)c1. The number of carboxylic acid groups (broad SMARTS) is 1. The van der Waals surface area contributed by atoms with Crippen LogP contribution in [0, 0.1) is 12.8 Å². The zero-order valence-corrected chi connectivity index (χ0v) is 21.6. The standard InChI is InChI=1S/C27H34N4O4S/c1-18-13-19(15-29-9-12-34-2)3-4-21(18)16-35-25-6-5-22(28)14-23(25)24-17-36-27(30-24)31-10-7-20(8-11-31)26(32)33/h3-6,13-14,17,20,29H,7-12,15-16,28H2,1-2H3,(H,32,33). The van der Waals surface area contributed by atoms with E-state index in [1.165, 1.54) is 11.1 Å². The van der Waals surface area contributed by atoms with E-state index in [-0.39, 0.29) is 5.92 Å². The average molecular weight is 511 g/mol. The largest absolute Gasteiger partial charge is 0.488 e. The maximum Gasteiger partial charge on any atom is 0.306 e. The quantitative estimate of drug-likeness (QED) is 0.259. The van der Waals surface area contributed by atoms with Crippen LogP contribution in [0.2, 0.25) is 0 Å². The maximum atomic E-state index is 11.3. The van der Waals surface area contributed by atoms with E-state index in [1.54, 1.807) is 18.4 Å². The summed E-state index contributed by atoms with van der Waals surface area (Å²) >= 11 is 1.56. The zero-order valence-electron chi connectivity index (χ0n) is 20.8. The van der Waals surface area contributed by atoms with Gasteiger partial charge in [0, 0.05) is 49.9 Å². The molecule has 1 aliphatic rings. The lowest BCUT2D eigenvalue weighted by molar-refractivity contribution is -0.142. The molecule has 2 heterocycles. The number of benzene rings is 2. The van der Waals surface area contributed by atoms with E-state index >= 15 is 0 Å². The van der Waals surface area contributed by atoms with E-state index in [0.717, 1.165) is 40.8 Å². The fourth-order valence-corrected chi connectivity index (χ4v) is 5.20. The number of hydrogen-bond donors (Lipinski definition) is 3. The zero-order chi connectivity index (χ0) is 25.5. The highest BCUT2D eigenvalue weighted by atomic mass is 32.1. The molecule has 4 rings (SSSR count). The summed E-state index contributed by atoms with van der Waals surface area (Å²) in [5, 5.41) is 15.5. The lowest BCUT2D eigenvalue weighted by Gasteiger charge is -2.29. The highest BCUT2D eigenvalue weighted by Crippen LogP contribution is 2.36. The van der Waals surface area contributed by atoms with Crippen LogP contribution in [0.1, 0.15) is 29.5 Å². The Morgan fingerprint density at radius 3 is 2.78 bits per heavy atom. The minimum Gasteiger partial charge on any atom is -0.488 e. The molecule has 0 aliphatic carbocycles.